The number of nitrogens with one attached hydrogen (secondary N) is 1. The van der Waals surface area contributed by atoms with Gasteiger partial charge >= 0.3 is 0 Å². The van der Waals surface area contributed by atoms with Crippen molar-refractivity contribution in [3.63, 3.8) is 0 Å². The maximum atomic E-state index is 12.8. The molecule has 0 saturated carbocycles. The Morgan fingerprint density at radius 3 is 1.59 bits per heavy atom. The van der Waals surface area contributed by atoms with E-state index in [1.54, 1.807) is 36.4 Å². The lowest BCUT2D eigenvalue weighted by Gasteiger charge is -2.10. The molecule has 1 amide bonds. The first-order chi connectivity index (χ1) is 13.7. The van der Waals surface area contributed by atoms with Gasteiger partial charge in [-0.15, -0.1) is 4.40 Å². The number of hydrogen-bond acceptors (Lipinski definition) is 3. The standard InChI is InChI=1S/C23H22N2O3S/c1-16-4-10-19(11-5-16)22(24-23(26)20-12-6-17(2)7-13-20)25-29(27,28)21-14-8-18(3)9-15-21/h4-15H,1-3H3,(H,24,25,26). The lowest BCUT2D eigenvalue weighted by Crippen LogP contribution is -2.32. The number of amidine groups is 1. The first-order valence-electron chi connectivity index (χ1n) is 9.11. The number of benzene rings is 3. The monoisotopic (exact) mass is 406 g/mol. The molecule has 1 N–H and O–H groups in total. The van der Waals surface area contributed by atoms with Gasteiger partial charge in [0.2, 0.25) is 0 Å². The Bertz CT molecular complexity index is 1150. The summed E-state index contributed by atoms with van der Waals surface area (Å²) in [6, 6.07) is 20.6. The van der Waals surface area contributed by atoms with Crippen LogP contribution in [-0.2, 0) is 10.0 Å². The van der Waals surface area contributed by atoms with Gasteiger partial charge in [0.15, 0.2) is 5.84 Å². The van der Waals surface area contributed by atoms with E-state index in [9.17, 15) is 13.2 Å². The summed E-state index contributed by atoms with van der Waals surface area (Å²) in [5.74, 6) is -0.445. The van der Waals surface area contributed by atoms with E-state index in [2.05, 4.69) is 9.71 Å². The smallest absolute Gasteiger partial charge is 0.284 e. The Kier molecular flexibility index (Phi) is 5.94. The molecular formula is C23H22N2O3S. The fourth-order valence-corrected chi connectivity index (χ4v) is 3.60. The fourth-order valence-electron chi connectivity index (χ4n) is 2.63. The number of amides is 1. The van der Waals surface area contributed by atoms with Crippen molar-refractivity contribution in [2.45, 2.75) is 25.7 Å². The first kappa shape index (κ1) is 20.5. The maximum Gasteiger partial charge on any atom is 0.284 e. The van der Waals surface area contributed by atoms with E-state index in [1.165, 1.54) is 12.1 Å². The van der Waals surface area contributed by atoms with Crippen molar-refractivity contribution in [3.8, 4) is 0 Å². The molecule has 3 rings (SSSR count). The van der Waals surface area contributed by atoms with Crippen LogP contribution in [0.25, 0.3) is 0 Å². The van der Waals surface area contributed by atoms with Crippen molar-refractivity contribution in [1.29, 1.82) is 0 Å². The minimum Gasteiger partial charge on any atom is -0.305 e. The van der Waals surface area contributed by atoms with Gasteiger partial charge in [-0.1, -0.05) is 65.2 Å². The number of carbonyl (C=O) groups is 1. The summed E-state index contributed by atoms with van der Waals surface area (Å²) in [4.78, 5) is 12.8. The summed E-state index contributed by atoms with van der Waals surface area (Å²) < 4.78 is 29.6. The van der Waals surface area contributed by atoms with Crippen LogP contribution in [0, 0.1) is 20.8 Å². The molecule has 0 spiro atoms. The third-order valence-electron chi connectivity index (χ3n) is 4.40. The van der Waals surface area contributed by atoms with Gasteiger partial charge in [-0.05, 0) is 45.0 Å². The van der Waals surface area contributed by atoms with Gasteiger partial charge in [-0.25, -0.2) is 0 Å². The number of hydrogen-bond donors (Lipinski definition) is 1. The Hall–Kier alpha value is -3.25. The van der Waals surface area contributed by atoms with E-state index in [1.807, 2.05) is 45.0 Å². The summed E-state index contributed by atoms with van der Waals surface area (Å²) in [5.41, 5.74) is 3.91. The van der Waals surface area contributed by atoms with Gasteiger partial charge in [0, 0.05) is 11.1 Å². The molecule has 0 unspecified atom stereocenters. The zero-order valence-electron chi connectivity index (χ0n) is 16.5. The number of carbonyl (C=O) groups excluding carboxylic acids is 1. The minimum absolute atomic E-state index is 0.0175. The normalized spacial score (nSPS) is 11.9. The van der Waals surface area contributed by atoms with Crippen LogP contribution >= 0.6 is 0 Å². The molecule has 0 saturated heterocycles. The van der Waals surface area contributed by atoms with Crippen LogP contribution in [-0.4, -0.2) is 20.2 Å². The predicted molar refractivity (Wildman–Crippen MR) is 115 cm³/mol. The second kappa shape index (κ2) is 8.41. The van der Waals surface area contributed by atoms with E-state index >= 15 is 0 Å². The number of rotatable bonds is 4. The average molecular weight is 407 g/mol. The molecular weight excluding hydrogens is 384 g/mol. The molecule has 5 nitrogen and oxygen atoms in total. The highest BCUT2D eigenvalue weighted by atomic mass is 32.2. The third-order valence-corrected chi connectivity index (χ3v) is 5.69. The molecule has 0 bridgehead atoms. The van der Waals surface area contributed by atoms with Crippen molar-refractivity contribution in [1.82, 2.24) is 5.32 Å². The van der Waals surface area contributed by atoms with Gasteiger partial charge in [0.1, 0.15) is 0 Å². The second-order valence-corrected chi connectivity index (χ2v) is 8.52. The van der Waals surface area contributed by atoms with Crippen molar-refractivity contribution in [3.05, 3.63) is 101 Å². The molecule has 0 radical (unpaired) electrons. The van der Waals surface area contributed by atoms with Crippen molar-refractivity contribution >= 4 is 21.8 Å². The van der Waals surface area contributed by atoms with Crippen LogP contribution < -0.4 is 5.32 Å². The zero-order valence-corrected chi connectivity index (χ0v) is 17.3. The number of nitrogens with zero attached hydrogens (tertiary/aromatic N) is 1. The van der Waals surface area contributed by atoms with Crippen LogP contribution in [0.1, 0.15) is 32.6 Å². The number of aryl methyl sites for hydroxylation is 3. The predicted octanol–water partition coefficient (Wildman–Crippen LogP) is 4.18. The average Bonchev–Trinajstić information content (AvgIpc) is 2.68. The molecule has 0 aromatic heterocycles. The molecule has 0 heterocycles. The van der Waals surface area contributed by atoms with Crippen LogP contribution in [0.3, 0.4) is 0 Å². The van der Waals surface area contributed by atoms with Gasteiger partial charge in [0.05, 0.1) is 4.90 Å². The van der Waals surface area contributed by atoms with E-state index in [-0.39, 0.29) is 10.7 Å². The molecule has 3 aromatic rings. The van der Waals surface area contributed by atoms with Gasteiger partial charge in [-0.2, -0.15) is 8.42 Å². The Labute approximate surface area is 171 Å². The SMILES string of the molecule is Cc1ccc(C(=O)N/C(=N/S(=O)(=O)c2ccc(C)cc2)c2ccc(C)cc2)cc1. The van der Waals surface area contributed by atoms with E-state index in [4.69, 9.17) is 0 Å². The minimum atomic E-state index is -4.00. The summed E-state index contributed by atoms with van der Waals surface area (Å²) in [7, 11) is -4.00. The highest BCUT2D eigenvalue weighted by Crippen LogP contribution is 2.15. The molecule has 0 aliphatic rings. The van der Waals surface area contributed by atoms with Crippen molar-refractivity contribution < 1.29 is 13.2 Å². The van der Waals surface area contributed by atoms with E-state index in [0.29, 0.717) is 11.1 Å². The molecule has 0 aliphatic carbocycles. The summed E-state index contributed by atoms with van der Waals surface area (Å²) in [6.07, 6.45) is 0. The van der Waals surface area contributed by atoms with Crippen molar-refractivity contribution in [2.75, 3.05) is 0 Å². The van der Waals surface area contributed by atoms with E-state index in [0.717, 1.165) is 16.7 Å². The highest BCUT2D eigenvalue weighted by Gasteiger charge is 2.18. The quantitative estimate of drug-likeness (QED) is 0.522. The third kappa shape index (κ3) is 5.18. The summed E-state index contributed by atoms with van der Waals surface area (Å²) >= 11 is 0. The lowest BCUT2D eigenvalue weighted by molar-refractivity contribution is 0.0977. The van der Waals surface area contributed by atoms with Gasteiger partial charge in [0.25, 0.3) is 15.9 Å². The lowest BCUT2D eigenvalue weighted by atomic mass is 10.1. The highest BCUT2D eigenvalue weighted by molar-refractivity contribution is 7.90. The van der Waals surface area contributed by atoms with Crippen LogP contribution in [0.5, 0.6) is 0 Å². The van der Waals surface area contributed by atoms with Crippen molar-refractivity contribution in [2.24, 2.45) is 4.40 Å². The first-order valence-corrected chi connectivity index (χ1v) is 10.6. The Morgan fingerprint density at radius 2 is 1.10 bits per heavy atom. The molecule has 3 aromatic carbocycles. The van der Waals surface area contributed by atoms with Crippen LogP contribution in [0.15, 0.2) is 82.1 Å². The largest absolute Gasteiger partial charge is 0.305 e. The Balaban J connectivity index is 2.01. The molecule has 0 aliphatic heterocycles. The molecule has 148 valence electrons. The number of sulfonamides is 1. The topological polar surface area (TPSA) is 75.6 Å². The molecule has 6 heteroatoms. The summed E-state index contributed by atoms with van der Waals surface area (Å²) in [5, 5.41) is 2.66. The van der Waals surface area contributed by atoms with Gasteiger partial charge in [-0.3, -0.25) is 4.79 Å². The zero-order chi connectivity index (χ0) is 21.0. The fraction of sp³-hybridized carbons (Fsp3) is 0.130. The molecule has 0 atom stereocenters. The second-order valence-electron chi connectivity index (χ2n) is 6.91. The molecule has 29 heavy (non-hydrogen) atoms. The summed E-state index contributed by atoms with van der Waals surface area (Å²) in [6.45, 7) is 5.72. The van der Waals surface area contributed by atoms with E-state index < -0.39 is 15.9 Å². The van der Waals surface area contributed by atoms with Crippen LogP contribution in [0.4, 0.5) is 0 Å². The van der Waals surface area contributed by atoms with Crippen LogP contribution in [0.2, 0.25) is 0 Å². The van der Waals surface area contributed by atoms with Gasteiger partial charge < -0.3 is 5.32 Å². The Morgan fingerprint density at radius 1 is 0.690 bits per heavy atom. The molecule has 0 fully saturated rings. The maximum absolute atomic E-state index is 12.8.